The van der Waals surface area contributed by atoms with Gasteiger partial charge in [-0.2, -0.15) is 0 Å². The van der Waals surface area contributed by atoms with Crippen LogP contribution < -0.4 is 0 Å². The zero-order chi connectivity index (χ0) is 16.1. The minimum Gasteiger partial charge on any atom is -0.383 e. The summed E-state index contributed by atoms with van der Waals surface area (Å²) in [6, 6.07) is 5.23. The smallest absolute Gasteiger partial charge is 0.255 e. The van der Waals surface area contributed by atoms with E-state index >= 15 is 0 Å². The van der Waals surface area contributed by atoms with Crippen LogP contribution in [0.4, 0.5) is 0 Å². The molecule has 4 nitrogen and oxygen atoms in total. The minimum atomic E-state index is -0.0479. The Kier molecular flexibility index (Phi) is 6.50. The number of carbonyl (C=O) groups excluding carboxylic acids is 1. The highest BCUT2D eigenvalue weighted by Gasteiger charge is 2.28. The monoisotopic (exact) mass is 344 g/mol. The fraction of sp³-hybridized carbons (Fsp3) is 0.562. The van der Waals surface area contributed by atoms with Crippen molar-refractivity contribution in [2.75, 3.05) is 40.4 Å². The van der Waals surface area contributed by atoms with Gasteiger partial charge in [-0.3, -0.25) is 4.79 Å². The number of nitrogens with zero attached hydrogens (tertiary/aromatic N) is 2. The molecule has 0 unspecified atom stereocenters. The lowest BCUT2D eigenvalue weighted by Gasteiger charge is -2.37. The van der Waals surface area contributed by atoms with Crippen LogP contribution in [0.25, 0.3) is 0 Å². The molecule has 0 bridgehead atoms. The van der Waals surface area contributed by atoms with Gasteiger partial charge in [-0.1, -0.05) is 23.2 Å². The number of benzene rings is 1. The first kappa shape index (κ1) is 17.5. The fourth-order valence-electron chi connectivity index (χ4n) is 2.76. The van der Waals surface area contributed by atoms with Crippen LogP contribution in [0, 0.1) is 0 Å². The van der Waals surface area contributed by atoms with E-state index < -0.39 is 0 Å². The number of hydrogen-bond acceptors (Lipinski definition) is 3. The Balaban J connectivity index is 2.18. The third-order valence-corrected chi connectivity index (χ3v) is 4.64. The third kappa shape index (κ3) is 4.35. The number of piperidine rings is 1. The summed E-state index contributed by atoms with van der Waals surface area (Å²) in [5.41, 5.74) is 0.501. The number of rotatable bonds is 5. The summed E-state index contributed by atoms with van der Waals surface area (Å²) in [5, 5.41) is 0.928. The molecule has 1 aliphatic rings. The Morgan fingerprint density at radius 2 is 2.05 bits per heavy atom. The molecule has 0 aliphatic carbocycles. The summed E-state index contributed by atoms with van der Waals surface area (Å²) in [6.45, 7) is 3.08. The van der Waals surface area contributed by atoms with E-state index in [0.29, 0.717) is 28.8 Å². The quantitative estimate of drug-likeness (QED) is 0.822. The first-order chi connectivity index (χ1) is 10.5. The van der Waals surface area contributed by atoms with E-state index in [1.165, 1.54) is 0 Å². The van der Waals surface area contributed by atoms with Gasteiger partial charge >= 0.3 is 0 Å². The molecule has 1 amide bonds. The predicted octanol–water partition coefficient (Wildman–Crippen LogP) is 3.18. The fourth-order valence-corrected chi connectivity index (χ4v) is 3.25. The summed E-state index contributed by atoms with van der Waals surface area (Å²) < 4.78 is 5.16. The molecule has 1 aliphatic heterocycles. The number of amides is 1. The molecule has 2 rings (SSSR count). The van der Waals surface area contributed by atoms with Crippen LogP contribution in [0.5, 0.6) is 0 Å². The molecule has 1 fully saturated rings. The Labute approximate surface area is 141 Å². The highest BCUT2D eigenvalue weighted by molar-refractivity contribution is 6.36. The van der Waals surface area contributed by atoms with Crippen LogP contribution in [0.3, 0.4) is 0 Å². The molecule has 0 N–H and O–H groups in total. The molecule has 6 heteroatoms. The van der Waals surface area contributed by atoms with Gasteiger partial charge in [0.1, 0.15) is 0 Å². The van der Waals surface area contributed by atoms with Crippen molar-refractivity contribution in [2.24, 2.45) is 0 Å². The van der Waals surface area contributed by atoms with Crippen molar-refractivity contribution in [3.8, 4) is 0 Å². The van der Waals surface area contributed by atoms with Crippen molar-refractivity contribution in [2.45, 2.75) is 18.9 Å². The van der Waals surface area contributed by atoms with E-state index in [4.69, 9.17) is 27.9 Å². The van der Waals surface area contributed by atoms with Crippen molar-refractivity contribution in [1.29, 1.82) is 0 Å². The van der Waals surface area contributed by atoms with Crippen LogP contribution in [-0.4, -0.2) is 62.1 Å². The number of methoxy groups -OCH3 is 1. The molecule has 0 aromatic heterocycles. The van der Waals surface area contributed by atoms with Gasteiger partial charge in [0, 0.05) is 24.7 Å². The van der Waals surface area contributed by atoms with Gasteiger partial charge in [-0.25, -0.2) is 0 Å². The maximum absolute atomic E-state index is 12.9. The van der Waals surface area contributed by atoms with Gasteiger partial charge in [-0.05, 0) is 51.2 Å². The Morgan fingerprint density at radius 1 is 1.36 bits per heavy atom. The van der Waals surface area contributed by atoms with Gasteiger partial charge in [0.25, 0.3) is 5.91 Å². The van der Waals surface area contributed by atoms with Crippen LogP contribution in [0.1, 0.15) is 23.2 Å². The third-order valence-electron chi connectivity index (χ3n) is 4.09. The molecule has 1 aromatic rings. The van der Waals surface area contributed by atoms with E-state index in [1.807, 2.05) is 4.90 Å². The zero-order valence-corrected chi connectivity index (χ0v) is 14.5. The largest absolute Gasteiger partial charge is 0.383 e. The van der Waals surface area contributed by atoms with Crippen LogP contribution in [0.15, 0.2) is 18.2 Å². The van der Waals surface area contributed by atoms with E-state index in [9.17, 15) is 4.79 Å². The van der Waals surface area contributed by atoms with Gasteiger partial charge in [0.2, 0.25) is 0 Å². The molecule has 0 saturated carbocycles. The van der Waals surface area contributed by atoms with E-state index in [0.717, 1.165) is 25.9 Å². The van der Waals surface area contributed by atoms with Crippen molar-refractivity contribution in [1.82, 2.24) is 9.80 Å². The number of carbonyl (C=O) groups is 1. The van der Waals surface area contributed by atoms with Crippen molar-refractivity contribution in [3.63, 3.8) is 0 Å². The first-order valence-corrected chi connectivity index (χ1v) is 8.22. The average molecular weight is 345 g/mol. The highest BCUT2D eigenvalue weighted by atomic mass is 35.5. The van der Waals surface area contributed by atoms with Crippen molar-refractivity contribution >= 4 is 29.1 Å². The zero-order valence-electron chi connectivity index (χ0n) is 13.0. The number of halogens is 2. The number of likely N-dealkylation sites (tertiary alicyclic amines) is 1. The molecule has 122 valence electrons. The van der Waals surface area contributed by atoms with Crippen LogP contribution in [0.2, 0.25) is 10.0 Å². The normalized spacial score (nSPS) is 16.7. The van der Waals surface area contributed by atoms with Gasteiger partial charge in [0.15, 0.2) is 0 Å². The Morgan fingerprint density at radius 3 is 2.64 bits per heavy atom. The average Bonchev–Trinajstić information content (AvgIpc) is 2.49. The SMILES string of the molecule is COCCN(C(=O)c1ccc(Cl)cc1Cl)C1CCN(C)CC1. The predicted molar refractivity (Wildman–Crippen MR) is 89.9 cm³/mol. The van der Waals surface area contributed by atoms with Crippen LogP contribution in [-0.2, 0) is 4.74 Å². The van der Waals surface area contributed by atoms with Gasteiger partial charge in [-0.15, -0.1) is 0 Å². The van der Waals surface area contributed by atoms with Crippen LogP contribution >= 0.6 is 23.2 Å². The van der Waals surface area contributed by atoms with Crippen molar-refractivity contribution in [3.05, 3.63) is 33.8 Å². The summed E-state index contributed by atoms with van der Waals surface area (Å²) in [7, 11) is 3.75. The van der Waals surface area contributed by atoms with Gasteiger partial charge in [0.05, 0.1) is 17.2 Å². The molecular formula is C16H22Cl2N2O2. The molecule has 22 heavy (non-hydrogen) atoms. The molecule has 0 radical (unpaired) electrons. The maximum Gasteiger partial charge on any atom is 0.255 e. The second kappa shape index (κ2) is 8.16. The topological polar surface area (TPSA) is 32.8 Å². The second-order valence-electron chi connectivity index (χ2n) is 5.65. The van der Waals surface area contributed by atoms with Gasteiger partial charge < -0.3 is 14.5 Å². The summed E-state index contributed by atoms with van der Waals surface area (Å²) in [6.07, 6.45) is 1.94. The summed E-state index contributed by atoms with van der Waals surface area (Å²) in [4.78, 5) is 17.1. The summed E-state index contributed by atoms with van der Waals surface area (Å²) >= 11 is 12.1. The minimum absolute atomic E-state index is 0.0479. The molecule has 1 aromatic carbocycles. The standard InChI is InChI=1S/C16H22Cl2N2O2/c1-19-7-5-13(6-8-19)20(9-10-22-2)16(21)14-4-3-12(17)11-15(14)18/h3-4,11,13H,5-10H2,1-2H3. The lowest BCUT2D eigenvalue weighted by atomic mass is 10.0. The lowest BCUT2D eigenvalue weighted by molar-refractivity contribution is 0.0505. The maximum atomic E-state index is 12.9. The second-order valence-corrected chi connectivity index (χ2v) is 6.49. The van der Waals surface area contributed by atoms with E-state index in [-0.39, 0.29) is 11.9 Å². The number of hydrogen-bond donors (Lipinski definition) is 0. The Bertz CT molecular complexity index is 517. The van der Waals surface area contributed by atoms with Crippen molar-refractivity contribution < 1.29 is 9.53 Å². The lowest BCUT2D eigenvalue weighted by Crippen LogP contribution is -2.47. The molecule has 1 heterocycles. The van der Waals surface area contributed by atoms with E-state index in [1.54, 1.807) is 25.3 Å². The molecule has 0 spiro atoms. The molecule has 0 atom stereocenters. The van der Waals surface area contributed by atoms with E-state index in [2.05, 4.69) is 11.9 Å². The number of ether oxygens (including phenoxy) is 1. The summed E-state index contributed by atoms with van der Waals surface area (Å²) in [5.74, 6) is -0.0479. The molecular weight excluding hydrogens is 323 g/mol. The highest BCUT2D eigenvalue weighted by Crippen LogP contribution is 2.25. The first-order valence-electron chi connectivity index (χ1n) is 7.46. The molecule has 1 saturated heterocycles. The Hall–Kier alpha value is -0.810.